The highest BCUT2D eigenvalue weighted by Crippen LogP contribution is 2.35. The molecule has 142 valence electrons. The lowest BCUT2D eigenvalue weighted by Crippen LogP contribution is -2.17. The lowest BCUT2D eigenvalue weighted by Gasteiger charge is -2.19. The van der Waals surface area contributed by atoms with Crippen molar-refractivity contribution >= 4 is 24.4 Å². The maximum Gasteiger partial charge on any atom is 0.216 e. The lowest BCUT2D eigenvalue weighted by molar-refractivity contribution is 0.315. The number of ether oxygens (including phenoxy) is 1. The van der Waals surface area contributed by atoms with Crippen LogP contribution in [0.5, 0.6) is 0 Å². The first-order chi connectivity index (χ1) is 13.7. The van der Waals surface area contributed by atoms with Crippen molar-refractivity contribution in [1.82, 2.24) is 0 Å². The van der Waals surface area contributed by atoms with Crippen LogP contribution in [0, 0.1) is 13.8 Å². The van der Waals surface area contributed by atoms with Gasteiger partial charge in [-0.25, -0.2) is 4.99 Å². The molecule has 0 bridgehead atoms. The summed E-state index contributed by atoms with van der Waals surface area (Å²) in [6.45, 7) is 4.93. The summed E-state index contributed by atoms with van der Waals surface area (Å²) < 4.78 is 5.96. The van der Waals surface area contributed by atoms with Gasteiger partial charge in [0.05, 0.1) is 6.04 Å². The molecule has 0 amide bonds. The minimum atomic E-state index is -0.371. The Morgan fingerprint density at radius 3 is 2.00 bits per heavy atom. The number of rotatable bonds is 6. The summed E-state index contributed by atoms with van der Waals surface area (Å²) in [5.74, 6) is 0.806. The minimum Gasteiger partial charge on any atom is -0.475 e. The van der Waals surface area contributed by atoms with Crippen LogP contribution >= 0.6 is 7.92 Å². The first-order valence-electron chi connectivity index (χ1n) is 9.86. The van der Waals surface area contributed by atoms with Crippen molar-refractivity contribution in [2.45, 2.75) is 26.3 Å². The Bertz CT molecular complexity index is 893. The second-order valence-corrected chi connectivity index (χ2v) is 9.72. The van der Waals surface area contributed by atoms with Crippen LogP contribution in [0.3, 0.4) is 0 Å². The van der Waals surface area contributed by atoms with Crippen molar-refractivity contribution in [1.29, 1.82) is 0 Å². The Kier molecular flexibility index (Phi) is 5.88. The van der Waals surface area contributed by atoms with Crippen LogP contribution in [0.25, 0.3) is 0 Å². The van der Waals surface area contributed by atoms with E-state index in [2.05, 4.69) is 92.7 Å². The zero-order valence-electron chi connectivity index (χ0n) is 16.5. The van der Waals surface area contributed by atoms with Gasteiger partial charge >= 0.3 is 0 Å². The molecule has 1 aliphatic heterocycles. The molecule has 0 aliphatic carbocycles. The van der Waals surface area contributed by atoms with Gasteiger partial charge in [0.2, 0.25) is 5.90 Å². The Morgan fingerprint density at radius 1 is 0.857 bits per heavy atom. The van der Waals surface area contributed by atoms with Crippen molar-refractivity contribution < 1.29 is 4.74 Å². The van der Waals surface area contributed by atoms with Crippen LogP contribution in [0.2, 0.25) is 0 Å². The molecule has 3 aromatic rings. The van der Waals surface area contributed by atoms with Crippen LogP contribution in [0.1, 0.15) is 23.1 Å². The monoisotopic (exact) mass is 387 g/mol. The van der Waals surface area contributed by atoms with E-state index in [0.717, 1.165) is 24.0 Å². The summed E-state index contributed by atoms with van der Waals surface area (Å²) in [5, 5.41) is 2.86. The van der Waals surface area contributed by atoms with Crippen molar-refractivity contribution in [3.8, 4) is 0 Å². The topological polar surface area (TPSA) is 21.6 Å². The smallest absolute Gasteiger partial charge is 0.216 e. The summed E-state index contributed by atoms with van der Waals surface area (Å²) in [4.78, 5) is 4.90. The molecule has 0 N–H and O–H groups in total. The molecule has 0 fully saturated rings. The first-order valence-corrected chi connectivity index (χ1v) is 11.4. The largest absolute Gasteiger partial charge is 0.475 e. The van der Waals surface area contributed by atoms with Crippen molar-refractivity contribution in [3.63, 3.8) is 0 Å². The number of aryl methyl sites for hydroxylation is 2. The molecule has 3 heteroatoms. The van der Waals surface area contributed by atoms with Gasteiger partial charge in [-0.05, 0) is 57.1 Å². The fraction of sp³-hybridized carbons (Fsp3) is 0.240. The molecule has 1 aliphatic rings. The van der Waals surface area contributed by atoms with Crippen LogP contribution < -0.4 is 10.6 Å². The quantitative estimate of drug-likeness (QED) is 0.547. The van der Waals surface area contributed by atoms with Gasteiger partial charge in [0.25, 0.3) is 0 Å². The zero-order valence-corrected chi connectivity index (χ0v) is 17.4. The molecule has 0 saturated heterocycles. The molecular weight excluding hydrogens is 361 g/mol. The fourth-order valence-electron chi connectivity index (χ4n) is 3.72. The predicted molar refractivity (Wildman–Crippen MR) is 121 cm³/mol. The molecule has 0 saturated carbocycles. The molecular formula is C25H26NOP. The second-order valence-electron chi connectivity index (χ2n) is 7.39. The third-order valence-electron chi connectivity index (χ3n) is 5.00. The highest BCUT2D eigenvalue weighted by Gasteiger charge is 2.22. The molecule has 28 heavy (non-hydrogen) atoms. The predicted octanol–water partition coefficient (Wildman–Crippen LogP) is 4.97. The van der Waals surface area contributed by atoms with E-state index in [1.54, 1.807) is 0 Å². The van der Waals surface area contributed by atoms with E-state index < -0.39 is 0 Å². The lowest BCUT2D eigenvalue weighted by atomic mass is 10.1. The normalized spacial score (nSPS) is 16.1. The number of aliphatic imine (C=N–C) groups is 1. The Morgan fingerprint density at radius 2 is 1.43 bits per heavy atom. The fourth-order valence-corrected chi connectivity index (χ4v) is 6.16. The summed E-state index contributed by atoms with van der Waals surface area (Å²) in [5.41, 5.74) is 3.61. The molecule has 1 heterocycles. The van der Waals surface area contributed by atoms with E-state index in [9.17, 15) is 0 Å². The van der Waals surface area contributed by atoms with Gasteiger partial charge in [-0.1, -0.05) is 77.9 Å². The second kappa shape index (κ2) is 8.71. The Balaban J connectivity index is 1.49. The molecule has 0 radical (unpaired) electrons. The number of hydrogen-bond donors (Lipinski definition) is 0. The van der Waals surface area contributed by atoms with Crippen LogP contribution in [-0.2, 0) is 4.74 Å². The van der Waals surface area contributed by atoms with Crippen LogP contribution in [0.4, 0.5) is 0 Å². The van der Waals surface area contributed by atoms with Crippen molar-refractivity contribution in [3.05, 3.63) is 95.6 Å². The highest BCUT2D eigenvalue weighted by molar-refractivity contribution is 7.73. The van der Waals surface area contributed by atoms with E-state index in [1.807, 2.05) is 0 Å². The average molecular weight is 387 g/mol. The van der Waals surface area contributed by atoms with Gasteiger partial charge < -0.3 is 4.74 Å². The summed E-state index contributed by atoms with van der Waals surface area (Å²) in [7, 11) is -0.371. The summed E-state index contributed by atoms with van der Waals surface area (Å²) >= 11 is 0. The van der Waals surface area contributed by atoms with E-state index in [-0.39, 0.29) is 14.0 Å². The zero-order chi connectivity index (χ0) is 19.3. The number of hydrogen-bond acceptors (Lipinski definition) is 2. The summed E-state index contributed by atoms with van der Waals surface area (Å²) in [6, 6.07) is 28.5. The van der Waals surface area contributed by atoms with E-state index in [1.165, 1.54) is 21.7 Å². The number of benzene rings is 3. The summed E-state index contributed by atoms with van der Waals surface area (Å²) in [6.07, 6.45) is 2.17. The molecule has 0 aromatic heterocycles. The Hall–Kier alpha value is -2.44. The maximum atomic E-state index is 5.96. The number of nitrogens with zero attached hydrogens (tertiary/aromatic N) is 1. The maximum absolute atomic E-state index is 5.96. The van der Waals surface area contributed by atoms with E-state index in [4.69, 9.17) is 9.73 Å². The van der Waals surface area contributed by atoms with Gasteiger partial charge in [-0.15, -0.1) is 0 Å². The van der Waals surface area contributed by atoms with Gasteiger partial charge in [0.1, 0.15) is 6.61 Å². The third kappa shape index (κ3) is 4.51. The van der Waals surface area contributed by atoms with Crippen molar-refractivity contribution in [2.75, 3.05) is 12.8 Å². The SMILES string of the molecule is Cc1cc(C)cc(C2=NC(CCP(c3ccccc3)c3ccccc3)CO2)c1. The van der Waals surface area contributed by atoms with Gasteiger partial charge in [-0.2, -0.15) is 0 Å². The molecule has 1 unspecified atom stereocenters. The first kappa shape index (κ1) is 18.9. The average Bonchev–Trinajstić information content (AvgIpc) is 3.18. The van der Waals surface area contributed by atoms with Crippen LogP contribution in [0.15, 0.2) is 83.9 Å². The highest BCUT2D eigenvalue weighted by atomic mass is 31.1. The van der Waals surface area contributed by atoms with Crippen LogP contribution in [-0.4, -0.2) is 24.7 Å². The molecule has 0 spiro atoms. The third-order valence-corrected chi connectivity index (χ3v) is 7.55. The van der Waals surface area contributed by atoms with Gasteiger partial charge in [0.15, 0.2) is 0 Å². The molecule has 2 nitrogen and oxygen atoms in total. The van der Waals surface area contributed by atoms with Crippen molar-refractivity contribution in [2.24, 2.45) is 4.99 Å². The Labute approximate surface area is 169 Å². The van der Waals surface area contributed by atoms with E-state index >= 15 is 0 Å². The van der Waals surface area contributed by atoms with E-state index in [0.29, 0.717) is 6.61 Å². The van der Waals surface area contributed by atoms with Gasteiger partial charge in [-0.3, -0.25) is 0 Å². The van der Waals surface area contributed by atoms with Gasteiger partial charge in [0, 0.05) is 5.56 Å². The standard InChI is InChI=1S/C25H26NOP/c1-19-15-20(2)17-21(16-19)25-26-22(18-27-25)13-14-28(23-9-5-3-6-10-23)24-11-7-4-8-12-24/h3-12,15-17,22H,13-14,18H2,1-2H3. The molecule has 4 rings (SSSR count). The minimum absolute atomic E-state index is 0.244. The molecule has 3 aromatic carbocycles. The molecule has 1 atom stereocenters.